The number of ether oxygens (including phenoxy) is 2. The van der Waals surface area contributed by atoms with Crippen LogP contribution in [-0.2, 0) is 0 Å². The van der Waals surface area contributed by atoms with Gasteiger partial charge in [-0.25, -0.2) is 0 Å². The number of hydrogen-bond acceptors (Lipinski definition) is 4. The average molecular weight is 488 g/mol. The summed E-state index contributed by atoms with van der Waals surface area (Å²) in [6.45, 7) is 7.10. The first-order valence-electron chi connectivity index (χ1n) is 13.3. The van der Waals surface area contributed by atoms with Gasteiger partial charge in [0.1, 0.15) is 5.69 Å². The van der Waals surface area contributed by atoms with E-state index in [0.29, 0.717) is 24.0 Å². The fraction of sp³-hybridized carbons (Fsp3) is 0.467. The molecular formula is C30H37N3O3. The van der Waals surface area contributed by atoms with Crippen molar-refractivity contribution in [1.82, 2.24) is 15.1 Å². The molecule has 2 aliphatic rings. The van der Waals surface area contributed by atoms with Gasteiger partial charge in [-0.15, -0.1) is 0 Å². The largest absolute Gasteiger partial charge is 0.493 e. The number of aryl methyl sites for hydroxylation is 1. The molecule has 1 unspecified atom stereocenters. The Balaban J connectivity index is 1.57. The van der Waals surface area contributed by atoms with E-state index < -0.39 is 0 Å². The fourth-order valence-electron chi connectivity index (χ4n) is 5.54. The van der Waals surface area contributed by atoms with Gasteiger partial charge in [0, 0.05) is 17.2 Å². The zero-order valence-electron chi connectivity index (χ0n) is 21.8. The first-order valence-corrected chi connectivity index (χ1v) is 13.3. The quantitative estimate of drug-likeness (QED) is 0.384. The van der Waals surface area contributed by atoms with E-state index in [9.17, 15) is 4.79 Å². The zero-order valence-corrected chi connectivity index (χ0v) is 21.8. The number of aromatic amines is 1. The van der Waals surface area contributed by atoms with Crippen LogP contribution in [0.4, 0.5) is 0 Å². The Bertz CT molecular complexity index is 1210. The SMILES string of the molecule is COc1cc(C2c3c(-c4ccc(C)cc4)n[nH]c3C(=O)N2C2CCCCC2)ccc1OCCC(C)C. The number of carbonyl (C=O) groups excluding carboxylic acids is 1. The second-order valence-electron chi connectivity index (χ2n) is 10.6. The molecule has 1 N–H and O–H groups in total. The highest BCUT2D eigenvalue weighted by Crippen LogP contribution is 2.47. The Kier molecular flexibility index (Phi) is 7.04. The fourth-order valence-corrected chi connectivity index (χ4v) is 5.54. The minimum atomic E-state index is -0.218. The molecule has 0 bridgehead atoms. The second-order valence-corrected chi connectivity index (χ2v) is 10.6. The monoisotopic (exact) mass is 487 g/mol. The predicted octanol–water partition coefficient (Wildman–Crippen LogP) is 6.70. The van der Waals surface area contributed by atoms with Gasteiger partial charge < -0.3 is 14.4 Å². The van der Waals surface area contributed by atoms with E-state index >= 15 is 0 Å². The Labute approximate surface area is 214 Å². The van der Waals surface area contributed by atoms with Gasteiger partial charge in [-0.1, -0.05) is 69.0 Å². The molecule has 6 nitrogen and oxygen atoms in total. The number of hydrogen-bond donors (Lipinski definition) is 1. The van der Waals surface area contributed by atoms with Gasteiger partial charge in [-0.3, -0.25) is 9.89 Å². The Morgan fingerprint density at radius 1 is 1.06 bits per heavy atom. The topological polar surface area (TPSA) is 67.5 Å². The molecule has 1 fully saturated rings. The van der Waals surface area contributed by atoms with Crippen molar-refractivity contribution in [2.75, 3.05) is 13.7 Å². The third kappa shape index (κ3) is 4.61. The minimum absolute atomic E-state index is 0.0454. The van der Waals surface area contributed by atoms with E-state index in [-0.39, 0.29) is 18.0 Å². The zero-order chi connectivity index (χ0) is 25.2. The number of nitrogens with one attached hydrogen (secondary N) is 1. The molecule has 6 heteroatoms. The molecule has 36 heavy (non-hydrogen) atoms. The lowest BCUT2D eigenvalue weighted by molar-refractivity contribution is 0.0606. The summed E-state index contributed by atoms with van der Waals surface area (Å²) in [7, 11) is 1.67. The summed E-state index contributed by atoms with van der Waals surface area (Å²) < 4.78 is 11.8. The number of H-pyrrole nitrogens is 1. The summed E-state index contributed by atoms with van der Waals surface area (Å²) in [4.78, 5) is 15.9. The predicted molar refractivity (Wildman–Crippen MR) is 142 cm³/mol. The molecule has 5 rings (SSSR count). The molecule has 0 saturated heterocycles. The van der Waals surface area contributed by atoms with Gasteiger partial charge in [-0.05, 0) is 49.8 Å². The van der Waals surface area contributed by atoms with Crippen LogP contribution in [0, 0.1) is 12.8 Å². The van der Waals surface area contributed by atoms with E-state index in [1.54, 1.807) is 7.11 Å². The number of benzene rings is 2. The summed E-state index contributed by atoms with van der Waals surface area (Å²) in [5, 5.41) is 7.73. The summed E-state index contributed by atoms with van der Waals surface area (Å²) in [5.74, 6) is 2.05. The van der Waals surface area contributed by atoms with Crippen LogP contribution in [0.3, 0.4) is 0 Å². The maximum absolute atomic E-state index is 13.8. The molecule has 2 aromatic carbocycles. The smallest absolute Gasteiger partial charge is 0.273 e. The second kappa shape index (κ2) is 10.4. The van der Waals surface area contributed by atoms with Crippen LogP contribution in [-0.4, -0.2) is 40.8 Å². The van der Waals surface area contributed by atoms with E-state index in [1.165, 1.54) is 12.0 Å². The molecule has 1 atom stereocenters. The van der Waals surface area contributed by atoms with E-state index in [2.05, 4.69) is 66.2 Å². The number of rotatable bonds is 8. The van der Waals surface area contributed by atoms with Crippen LogP contribution in [0.1, 0.15) is 85.6 Å². The van der Waals surface area contributed by atoms with Gasteiger partial charge in [0.05, 0.1) is 25.5 Å². The van der Waals surface area contributed by atoms with Crippen LogP contribution < -0.4 is 9.47 Å². The highest BCUT2D eigenvalue weighted by Gasteiger charge is 2.45. The molecule has 1 aliphatic carbocycles. The van der Waals surface area contributed by atoms with Crippen LogP contribution in [0.25, 0.3) is 11.3 Å². The first kappa shape index (κ1) is 24.4. The van der Waals surface area contributed by atoms with Crippen LogP contribution in [0.2, 0.25) is 0 Å². The minimum Gasteiger partial charge on any atom is -0.493 e. The molecule has 0 radical (unpaired) electrons. The molecule has 0 spiro atoms. The van der Waals surface area contributed by atoms with Crippen LogP contribution in [0.15, 0.2) is 42.5 Å². The number of nitrogens with zero attached hydrogens (tertiary/aromatic N) is 2. The van der Waals surface area contributed by atoms with Crippen molar-refractivity contribution in [3.8, 4) is 22.8 Å². The average Bonchev–Trinajstić information content (AvgIpc) is 3.44. The highest BCUT2D eigenvalue weighted by atomic mass is 16.5. The van der Waals surface area contributed by atoms with Crippen molar-refractivity contribution >= 4 is 5.91 Å². The molecule has 1 amide bonds. The number of carbonyl (C=O) groups is 1. The van der Waals surface area contributed by atoms with Gasteiger partial charge in [0.2, 0.25) is 0 Å². The van der Waals surface area contributed by atoms with Crippen LogP contribution >= 0.6 is 0 Å². The van der Waals surface area contributed by atoms with E-state index in [4.69, 9.17) is 9.47 Å². The molecule has 1 saturated carbocycles. The molecular weight excluding hydrogens is 450 g/mol. The van der Waals surface area contributed by atoms with Crippen molar-refractivity contribution in [1.29, 1.82) is 0 Å². The van der Waals surface area contributed by atoms with Gasteiger partial charge in [-0.2, -0.15) is 5.10 Å². The van der Waals surface area contributed by atoms with E-state index in [1.807, 2.05) is 12.1 Å². The molecule has 2 heterocycles. The first-order chi connectivity index (χ1) is 17.5. The van der Waals surface area contributed by atoms with Gasteiger partial charge in [0.25, 0.3) is 5.91 Å². The normalized spacial score (nSPS) is 18.1. The molecule has 3 aromatic rings. The maximum Gasteiger partial charge on any atom is 0.273 e. The molecule has 190 valence electrons. The highest BCUT2D eigenvalue weighted by molar-refractivity contribution is 6.00. The number of aromatic nitrogens is 2. The maximum atomic E-state index is 13.8. The lowest BCUT2D eigenvalue weighted by Crippen LogP contribution is -2.40. The van der Waals surface area contributed by atoms with E-state index in [0.717, 1.165) is 60.2 Å². The van der Waals surface area contributed by atoms with Crippen molar-refractivity contribution in [3.05, 3.63) is 64.8 Å². The van der Waals surface area contributed by atoms with Crippen molar-refractivity contribution < 1.29 is 14.3 Å². The third-order valence-electron chi connectivity index (χ3n) is 7.55. The summed E-state index contributed by atoms with van der Waals surface area (Å²) in [6.07, 6.45) is 6.60. The summed E-state index contributed by atoms with van der Waals surface area (Å²) >= 11 is 0. The Morgan fingerprint density at radius 3 is 2.50 bits per heavy atom. The molecule has 1 aliphatic heterocycles. The number of amides is 1. The van der Waals surface area contributed by atoms with Crippen molar-refractivity contribution in [2.24, 2.45) is 5.92 Å². The van der Waals surface area contributed by atoms with Crippen molar-refractivity contribution in [2.45, 2.75) is 71.4 Å². The van der Waals surface area contributed by atoms with Gasteiger partial charge in [0.15, 0.2) is 11.5 Å². The summed E-state index contributed by atoms with van der Waals surface area (Å²) in [5.41, 5.74) is 5.65. The summed E-state index contributed by atoms with van der Waals surface area (Å²) in [6, 6.07) is 14.5. The molecule has 1 aromatic heterocycles. The Morgan fingerprint density at radius 2 is 1.81 bits per heavy atom. The van der Waals surface area contributed by atoms with Crippen molar-refractivity contribution in [3.63, 3.8) is 0 Å². The Hall–Kier alpha value is -3.28. The lowest BCUT2D eigenvalue weighted by Gasteiger charge is -2.36. The number of methoxy groups -OCH3 is 1. The van der Waals surface area contributed by atoms with Crippen LogP contribution in [0.5, 0.6) is 11.5 Å². The number of fused-ring (bicyclic) bond motifs is 1. The standard InChI is InChI=1S/C30H37N3O3/c1-19(2)16-17-36-24-15-14-22(18-25(24)35-4)29-26-27(21-12-10-20(3)11-13-21)31-32-28(26)30(34)33(29)23-8-6-5-7-9-23/h10-15,18-19,23,29H,5-9,16-17H2,1-4H3,(H,31,32). The van der Waals surface area contributed by atoms with Gasteiger partial charge >= 0.3 is 0 Å². The lowest BCUT2D eigenvalue weighted by atomic mass is 9.90. The third-order valence-corrected chi connectivity index (χ3v) is 7.55.